The van der Waals surface area contributed by atoms with Gasteiger partial charge in [0, 0.05) is 7.11 Å². The number of methoxy groups -OCH3 is 1. The van der Waals surface area contributed by atoms with Crippen molar-refractivity contribution in [3.05, 3.63) is 29.6 Å². The molecule has 0 amide bonds. The van der Waals surface area contributed by atoms with E-state index in [0.717, 1.165) is 18.2 Å². The first-order chi connectivity index (χ1) is 7.88. The van der Waals surface area contributed by atoms with Crippen LogP contribution in [0.1, 0.15) is 10.4 Å². The van der Waals surface area contributed by atoms with E-state index in [1.165, 1.54) is 7.11 Å². The van der Waals surface area contributed by atoms with Gasteiger partial charge in [-0.1, -0.05) is 6.07 Å². The van der Waals surface area contributed by atoms with Crippen molar-refractivity contribution in [3.8, 4) is 5.75 Å². The van der Waals surface area contributed by atoms with E-state index in [2.05, 4.69) is 4.74 Å². The smallest absolute Gasteiger partial charge is 0.455 e. The number of alkyl halides is 3. The van der Waals surface area contributed by atoms with Gasteiger partial charge in [0.05, 0.1) is 0 Å². The van der Waals surface area contributed by atoms with Crippen LogP contribution in [0.3, 0.4) is 0 Å². The van der Waals surface area contributed by atoms with Gasteiger partial charge >= 0.3 is 6.18 Å². The molecule has 0 saturated heterocycles. The van der Waals surface area contributed by atoms with Crippen molar-refractivity contribution in [2.24, 2.45) is 0 Å². The van der Waals surface area contributed by atoms with Gasteiger partial charge in [-0.25, -0.2) is 4.39 Å². The molecule has 7 heteroatoms. The Hall–Kier alpha value is -1.63. The Kier molecular flexibility index (Phi) is 4.06. The van der Waals surface area contributed by atoms with Gasteiger partial charge in [-0.2, -0.15) is 13.2 Å². The topological polar surface area (TPSA) is 35.5 Å². The lowest BCUT2D eigenvalue weighted by Crippen LogP contribution is -2.24. The van der Waals surface area contributed by atoms with Crippen LogP contribution in [-0.2, 0) is 4.74 Å². The summed E-state index contributed by atoms with van der Waals surface area (Å²) >= 11 is 0. The van der Waals surface area contributed by atoms with Crippen LogP contribution in [0.2, 0.25) is 0 Å². The van der Waals surface area contributed by atoms with Crippen LogP contribution in [0.25, 0.3) is 0 Å². The largest absolute Gasteiger partial charge is 0.467 e. The van der Waals surface area contributed by atoms with Gasteiger partial charge in [-0.15, -0.1) is 0 Å². The molecule has 0 aliphatic heterocycles. The molecule has 0 radical (unpaired) electrons. The third-order valence-electron chi connectivity index (χ3n) is 1.79. The third kappa shape index (κ3) is 3.16. The Labute approximate surface area is 93.9 Å². The lowest BCUT2D eigenvalue weighted by Gasteiger charge is -2.12. The summed E-state index contributed by atoms with van der Waals surface area (Å²) in [5.74, 6) is -4.09. The Morgan fingerprint density at radius 1 is 1.35 bits per heavy atom. The first kappa shape index (κ1) is 13.4. The fourth-order valence-corrected chi connectivity index (χ4v) is 1.11. The number of rotatable bonds is 4. The van der Waals surface area contributed by atoms with Gasteiger partial charge in [0.15, 0.2) is 6.79 Å². The van der Waals surface area contributed by atoms with Crippen molar-refractivity contribution < 1.29 is 31.8 Å². The predicted octanol–water partition coefficient (Wildman–Crippen LogP) is 2.55. The van der Waals surface area contributed by atoms with Gasteiger partial charge in [0.2, 0.25) is 0 Å². The average molecular weight is 252 g/mol. The summed E-state index contributed by atoms with van der Waals surface area (Å²) in [6.07, 6.45) is -5.16. The molecule has 1 aromatic rings. The minimum Gasteiger partial charge on any atom is -0.467 e. The highest BCUT2D eigenvalue weighted by atomic mass is 19.4. The Morgan fingerprint density at radius 3 is 2.53 bits per heavy atom. The lowest BCUT2D eigenvalue weighted by atomic mass is 10.1. The summed E-state index contributed by atoms with van der Waals surface area (Å²) in [7, 11) is 1.24. The molecular weight excluding hydrogens is 244 g/mol. The van der Waals surface area contributed by atoms with Crippen molar-refractivity contribution in [1.29, 1.82) is 0 Å². The van der Waals surface area contributed by atoms with Gasteiger partial charge in [-0.3, -0.25) is 4.79 Å². The highest BCUT2D eigenvalue weighted by Crippen LogP contribution is 2.29. The maximum absolute atomic E-state index is 13.2. The third-order valence-corrected chi connectivity index (χ3v) is 1.79. The molecular formula is C10H8F4O3. The highest BCUT2D eigenvalue weighted by Gasteiger charge is 2.42. The van der Waals surface area contributed by atoms with Crippen LogP contribution in [0, 0.1) is 5.82 Å². The number of ketones is 1. The molecule has 0 heterocycles. The summed E-state index contributed by atoms with van der Waals surface area (Å²) in [5.41, 5.74) is -1.14. The Morgan fingerprint density at radius 2 is 2.00 bits per heavy atom. The van der Waals surface area contributed by atoms with E-state index >= 15 is 0 Å². The molecule has 0 spiro atoms. The molecule has 0 N–H and O–H groups in total. The van der Waals surface area contributed by atoms with Crippen molar-refractivity contribution in [2.75, 3.05) is 13.9 Å². The summed E-state index contributed by atoms with van der Waals surface area (Å²) in [5, 5.41) is 0. The molecule has 17 heavy (non-hydrogen) atoms. The standard InChI is InChI=1S/C10H8F4O3/c1-16-5-17-7-4-2-3-6(11)8(7)9(15)10(12,13)14/h2-4H,5H2,1H3. The number of hydrogen-bond acceptors (Lipinski definition) is 3. The van der Waals surface area contributed by atoms with E-state index in [9.17, 15) is 22.4 Å². The number of halogens is 4. The number of hydrogen-bond donors (Lipinski definition) is 0. The second-order valence-electron chi connectivity index (χ2n) is 2.99. The SMILES string of the molecule is COCOc1cccc(F)c1C(=O)C(F)(F)F. The van der Waals surface area contributed by atoms with Gasteiger partial charge in [-0.05, 0) is 12.1 Å². The summed E-state index contributed by atoms with van der Waals surface area (Å²) < 4.78 is 59.0. The molecule has 0 aromatic heterocycles. The minimum atomic E-state index is -5.16. The quantitative estimate of drug-likeness (QED) is 0.469. The van der Waals surface area contributed by atoms with E-state index in [4.69, 9.17) is 4.74 Å². The molecule has 0 bridgehead atoms. The minimum absolute atomic E-state index is 0.387. The average Bonchev–Trinajstić information content (AvgIpc) is 2.24. The zero-order valence-corrected chi connectivity index (χ0v) is 8.68. The van der Waals surface area contributed by atoms with E-state index in [-0.39, 0.29) is 6.79 Å². The lowest BCUT2D eigenvalue weighted by molar-refractivity contribution is -0.0890. The number of carbonyl (C=O) groups excluding carboxylic acids is 1. The van der Waals surface area contributed by atoms with Crippen molar-refractivity contribution >= 4 is 5.78 Å². The molecule has 0 fully saturated rings. The second-order valence-corrected chi connectivity index (χ2v) is 2.99. The van der Waals surface area contributed by atoms with Crippen LogP contribution in [0.4, 0.5) is 17.6 Å². The molecule has 1 rings (SSSR count). The zero-order chi connectivity index (χ0) is 13.1. The molecule has 1 aromatic carbocycles. The van der Waals surface area contributed by atoms with E-state index < -0.39 is 29.1 Å². The fourth-order valence-electron chi connectivity index (χ4n) is 1.11. The molecule has 94 valence electrons. The molecule has 3 nitrogen and oxygen atoms in total. The second kappa shape index (κ2) is 5.13. The van der Waals surface area contributed by atoms with Crippen LogP contribution < -0.4 is 4.74 Å². The molecule has 0 saturated carbocycles. The molecule has 0 unspecified atom stereocenters. The monoisotopic (exact) mass is 252 g/mol. The molecule has 0 aliphatic rings. The molecule has 0 atom stereocenters. The highest BCUT2D eigenvalue weighted by molar-refractivity contribution is 6.02. The van der Waals surface area contributed by atoms with Crippen molar-refractivity contribution in [2.45, 2.75) is 6.18 Å². The number of benzene rings is 1. The Balaban J connectivity index is 3.16. The van der Waals surface area contributed by atoms with Crippen LogP contribution in [-0.4, -0.2) is 25.9 Å². The van der Waals surface area contributed by atoms with Gasteiger partial charge < -0.3 is 9.47 Å². The number of Topliss-reactive ketones (excluding diaryl/α,β-unsaturated/α-hetero) is 1. The maximum atomic E-state index is 13.2. The zero-order valence-electron chi connectivity index (χ0n) is 8.68. The number of ether oxygens (including phenoxy) is 2. The van der Waals surface area contributed by atoms with E-state index in [1.54, 1.807) is 0 Å². The normalized spacial score (nSPS) is 11.4. The summed E-state index contributed by atoms with van der Waals surface area (Å²) in [6, 6.07) is 2.94. The van der Waals surface area contributed by atoms with Crippen molar-refractivity contribution in [1.82, 2.24) is 0 Å². The van der Waals surface area contributed by atoms with Crippen LogP contribution in [0.15, 0.2) is 18.2 Å². The molecule has 0 aliphatic carbocycles. The maximum Gasteiger partial charge on any atom is 0.455 e. The Bertz CT molecular complexity index is 415. The first-order valence-electron chi connectivity index (χ1n) is 4.39. The van der Waals surface area contributed by atoms with Crippen molar-refractivity contribution in [3.63, 3.8) is 0 Å². The summed E-state index contributed by atoms with van der Waals surface area (Å²) in [6.45, 7) is -0.387. The summed E-state index contributed by atoms with van der Waals surface area (Å²) in [4.78, 5) is 11.0. The van der Waals surface area contributed by atoms with Crippen LogP contribution in [0.5, 0.6) is 5.75 Å². The van der Waals surface area contributed by atoms with E-state index in [0.29, 0.717) is 0 Å². The van der Waals surface area contributed by atoms with Gasteiger partial charge in [0.25, 0.3) is 5.78 Å². The predicted molar refractivity (Wildman–Crippen MR) is 49.3 cm³/mol. The van der Waals surface area contributed by atoms with E-state index in [1.807, 2.05) is 0 Å². The fraction of sp³-hybridized carbons (Fsp3) is 0.300. The van der Waals surface area contributed by atoms with Gasteiger partial charge in [0.1, 0.15) is 17.1 Å². The van der Waals surface area contributed by atoms with Crippen LogP contribution >= 0.6 is 0 Å². The number of carbonyl (C=O) groups is 1. The first-order valence-corrected chi connectivity index (χ1v) is 4.39.